The Labute approximate surface area is 154 Å². The fourth-order valence-electron chi connectivity index (χ4n) is 3.58. The van der Waals surface area contributed by atoms with Crippen molar-refractivity contribution in [2.24, 2.45) is 0 Å². The maximum Gasteiger partial charge on any atom is 0.289 e. The van der Waals surface area contributed by atoms with Gasteiger partial charge in [0.05, 0.1) is 6.26 Å². The predicted octanol–water partition coefficient (Wildman–Crippen LogP) is 3.50. The molecule has 1 aromatic carbocycles. The molecule has 1 aliphatic rings. The third-order valence-corrected chi connectivity index (χ3v) is 5.38. The lowest BCUT2D eigenvalue weighted by atomic mass is 9.93. The first-order valence-corrected chi connectivity index (χ1v) is 9.09. The van der Waals surface area contributed by atoms with E-state index in [9.17, 15) is 9.59 Å². The van der Waals surface area contributed by atoms with Crippen LogP contribution in [0.1, 0.15) is 49.6 Å². The minimum absolute atomic E-state index is 0.0686. The zero-order valence-corrected chi connectivity index (χ0v) is 16.0. The van der Waals surface area contributed by atoms with Crippen LogP contribution in [0, 0.1) is 27.7 Å². The second-order valence-electron chi connectivity index (χ2n) is 7.05. The number of rotatable bonds is 2. The number of benzene rings is 1. The van der Waals surface area contributed by atoms with Gasteiger partial charge >= 0.3 is 0 Å². The maximum absolute atomic E-state index is 13.2. The van der Waals surface area contributed by atoms with Crippen LogP contribution >= 0.6 is 0 Å². The van der Waals surface area contributed by atoms with Crippen LogP contribution in [0.4, 0.5) is 0 Å². The number of hydrogen-bond acceptors (Lipinski definition) is 3. The highest BCUT2D eigenvalue weighted by atomic mass is 16.3. The largest absolute Gasteiger partial charge is 0.459 e. The minimum Gasteiger partial charge on any atom is -0.459 e. The number of amides is 2. The summed E-state index contributed by atoms with van der Waals surface area (Å²) in [6, 6.07) is 5.53. The Morgan fingerprint density at radius 1 is 0.885 bits per heavy atom. The average molecular weight is 354 g/mol. The Balaban J connectivity index is 1.78. The molecule has 0 aliphatic carbocycles. The van der Waals surface area contributed by atoms with Gasteiger partial charge in [0.15, 0.2) is 5.76 Å². The molecule has 2 amide bonds. The Kier molecular flexibility index (Phi) is 5.16. The SMILES string of the molecule is Cc1cc(C)c(C)c(C(=O)N2CCCN(C(=O)c3ccco3)CC2)c1C. The van der Waals surface area contributed by atoms with Gasteiger partial charge in [-0.1, -0.05) is 6.07 Å². The molecule has 0 radical (unpaired) electrons. The van der Waals surface area contributed by atoms with E-state index in [0.717, 1.165) is 34.2 Å². The Hall–Kier alpha value is -2.56. The highest BCUT2D eigenvalue weighted by Gasteiger charge is 2.26. The van der Waals surface area contributed by atoms with Gasteiger partial charge in [0.25, 0.3) is 11.8 Å². The van der Waals surface area contributed by atoms with Crippen LogP contribution in [0.5, 0.6) is 0 Å². The molecule has 0 bridgehead atoms. The third kappa shape index (κ3) is 3.39. The molecule has 0 unspecified atom stereocenters. The number of hydrogen-bond donors (Lipinski definition) is 0. The van der Waals surface area contributed by atoms with Crippen molar-refractivity contribution in [1.29, 1.82) is 0 Å². The Morgan fingerprint density at radius 2 is 1.46 bits per heavy atom. The van der Waals surface area contributed by atoms with E-state index < -0.39 is 0 Å². The van der Waals surface area contributed by atoms with E-state index in [1.54, 1.807) is 17.0 Å². The molecule has 26 heavy (non-hydrogen) atoms. The van der Waals surface area contributed by atoms with Gasteiger partial charge in [-0.25, -0.2) is 0 Å². The summed E-state index contributed by atoms with van der Waals surface area (Å²) in [5, 5.41) is 0. The van der Waals surface area contributed by atoms with E-state index in [-0.39, 0.29) is 11.8 Å². The standard InChI is InChI=1S/C21H26N2O3/c1-14-13-15(2)17(4)19(16(14)3)21(25)23-9-6-8-22(10-11-23)20(24)18-7-5-12-26-18/h5,7,12-13H,6,8-11H2,1-4H3. The molecule has 0 N–H and O–H groups in total. The fraction of sp³-hybridized carbons (Fsp3) is 0.429. The molecule has 1 saturated heterocycles. The van der Waals surface area contributed by atoms with Crippen LogP contribution in [-0.2, 0) is 0 Å². The number of furan rings is 1. The van der Waals surface area contributed by atoms with Gasteiger partial charge < -0.3 is 14.2 Å². The molecule has 2 aromatic rings. The smallest absolute Gasteiger partial charge is 0.289 e. The lowest BCUT2D eigenvalue weighted by molar-refractivity contribution is 0.0699. The van der Waals surface area contributed by atoms with Crippen molar-refractivity contribution in [2.45, 2.75) is 34.1 Å². The van der Waals surface area contributed by atoms with Crippen molar-refractivity contribution in [3.05, 3.63) is 58.0 Å². The monoisotopic (exact) mass is 354 g/mol. The van der Waals surface area contributed by atoms with Crippen molar-refractivity contribution >= 4 is 11.8 Å². The molecule has 0 atom stereocenters. The third-order valence-electron chi connectivity index (χ3n) is 5.38. The molecule has 1 aromatic heterocycles. The van der Waals surface area contributed by atoms with Crippen molar-refractivity contribution in [3.63, 3.8) is 0 Å². The summed E-state index contributed by atoms with van der Waals surface area (Å²) >= 11 is 0. The van der Waals surface area contributed by atoms with Gasteiger partial charge in [0.2, 0.25) is 0 Å². The molecular weight excluding hydrogens is 328 g/mol. The first kappa shape index (κ1) is 18.2. The van der Waals surface area contributed by atoms with Gasteiger partial charge in [-0.2, -0.15) is 0 Å². The van der Waals surface area contributed by atoms with Crippen LogP contribution in [0.2, 0.25) is 0 Å². The quantitative estimate of drug-likeness (QED) is 0.829. The summed E-state index contributed by atoms with van der Waals surface area (Å²) in [6.07, 6.45) is 2.27. The van der Waals surface area contributed by atoms with E-state index in [0.29, 0.717) is 31.9 Å². The van der Waals surface area contributed by atoms with Crippen LogP contribution in [-0.4, -0.2) is 47.8 Å². The first-order valence-electron chi connectivity index (χ1n) is 9.09. The number of carbonyl (C=O) groups excluding carboxylic acids is 2. The number of nitrogens with zero attached hydrogens (tertiary/aromatic N) is 2. The molecule has 2 heterocycles. The molecule has 1 aliphatic heterocycles. The summed E-state index contributed by atoms with van der Waals surface area (Å²) in [4.78, 5) is 29.3. The van der Waals surface area contributed by atoms with Crippen LogP contribution < -0.4 is 0 Å². The molecular formula is C21H26N2O3. The normalized spacial score (nSPS) is 15.1. The van der Waals surface area contributed by atoms with Crippen LogP contribution in [0.3, 0.4) is 0 Å². The topological polar surface area (TPSA) is 53.8 Å². The summed E-state index contributed by atoms with van der Waals surface area (Å²) in [5.74, 6) is 0.313. The van der Waals surface area contributed by atoms with E-state index in [4.69, 9.17) is 4.42 Å². The second kappa shape index (κ2) is 7.36. The summed E-state index contributed by atoms with van der Waals surface area (Å²) in [7, 11) is 0. The second-order valence-corrected chi connectivity index (χ2v) is 7.05. The lowest BCUT2D eigenvalue weighted by Crippen LogP contribution is -2.37. The van der Waals surface area contributed by atoms with Gasteiger partial charge in [-0.3, -0.25) is 9.59 Å². The fourth-order valence-corrected chi connectivity index (χ4v) is 3.58. The highest BCUT2D eigenvalue weighted by molar-refractivity contribution is 5.98. The van der Waals surface area contributed by atoms with Crippen LogP contribution in [0.25, 0.3) is 0 Å². The van der Waals surface area contributed by atoms with Crippen LogP contribution in [0.15, 0.2) is 28.9 Å². The van der Waals surface area contributed by atoms with Gasteiger partial charge in [0, 0.05) is 31.7 Å². The van der Waals surface area contributed by atoms with Crippen molar-refractivity contribution < 1.29 is 14.0 Å². The van der Waals surface area contributed by atoms with E-state index in [1.807, 2.05) is 32.6 Å². The van der Waals surface area contributed by atoms with E-state index in [1.165, 1.54) is 6.26 Å². The van der Waals surface area contributed by atoms with E-state index in [2.05, 4.69) is 6.07 Å². The molecule has 1 fully saturated rings. The summed E-state index contributed by atoms with van der Waals surface area (Å²) in [6.45, 7) is 10.5. The summed E-state index contributed by atoms with van der Waals surface area (Å²) in [5.41, 5.74) is 5.19. The summed E-state index contributed by atoms with van der Waals surface area (Å²) < 4.78 is 5.22. The molecule has 3 rings (SSSR count). The van der Waals surface area contributed by atoms with Gasteiger partial charge in [-0.05, 0) is 68.5 Å². The number of aryl methyl sites for hydroxylation is 2. The van der Waals surface area contributed by atoms with Crippen molar-refractivity contribution in [3.8, 4) is 0 Å². The molecule has 0 spiro atoms. The number of carbonyl (C=O) groups is 2. The van der Waals surface area contributed by atoms with Crippen molar-refractivity contribution in [2.75, 3.05) is 26.2 Å². The molecule has 5 heteroatoms. The lowest BCUT2D eigenvalue weighted by Gasteiger charge is -2.24. The Bertz CT molecular complexity index is 798. The van der Waals surface area contributed by atoms with Gasteiger partial charge in [0.1, 0.15) is 0 Å². The first-order chi connectivity index (χ1) is 12.4. The molecule has 5 nitrogen and oxygen atoms in total. The van der Waals surface area contributed by atoms with Crippen molar-refractivity contribution in [1.82, 2.24) is 9.80 Å². The average Bonchev–Trinajstić information content (AvgIpc) is 3.04. The zero-order chi connectivity index (χ0) is 18.8. The minimum atomic E-state index is -0.108. The van der Waals surface area contributed by atoms with Gasteiger partial charge in [-0.15, -0.1) is 0 Å². The van der Waals surface area contributed by atoms with E-state index >= 15 is 0 Å². The Morgan fingerprint density at radius 3 is 2.00 bits per heavy atom. The maximum atomic E-state index is 13.2. The predicted molar refractivity (Wildman–Crippen MR) is 101 cm³/mol. The zero-order valence-electron chi connectivity index (χ0n) is 16.0. The highest BCUT2D eigenvalue weighted by Crippen LogP contribution is 2.24. The molecule has 0 saturated carbocycles. The molecule has 138 valence electrons.